The zero-order chi connectivity index (χ0) is 15.3. The fourth-order valence-electron chi connectivity index (χ4n) is 2.36. The number of nitro benzene ring substituents is 1. The molecule has 1 aromatic carbocycles. The molecule has 1 fully saturated rings. The molecule has 0 bridgehead atoms. The van der Waals surface area contributed by atoms with Crippen molar-refractivity contribution in [1.29, 1.82) is 5.26 Å². The van der Waals surface area contributed by atoms with Gasteiger partial charge in [-0.3, -0.25) is 14.9 Å². The molecule has 1 aliphatic carbocycles. The topological polar surface area (TPSA) is 105 Å². The Bertz CT molecular complexity index is 571. The number of nitrogens with one attached hydrogen (secondary N) is 1. The molecule has 0 atom stereocenters. The molecule has 0 saturated heterocycles. The van der Waals surface area contributed by atoms with Crippen LogP contribution in [0.25, 0.3) is 0 Å². The van der Waals surface area contributed by atoms with E-state index in [0.29, 0.717) is 18.6 Å². The molecule has 1 N–H and O–H groups in total. The van der Waals surface area contributed by atoms with E-state index < -0.39 is 10.5 Å². The number of amides is 1. The van der Waals surface area contributed by atoms with Gasteiger partial charge < -0.3 is 10.1 Å². The fraction of sp³-hybridized carbons (Fsp3) is 0.429. The van der Waals surface area contributed by atoms with Crippen LogP contribution in [-0.4, -0.2) is 23.0 Å². The van der Waals surface area contributed by atoms with Gasteiger partial charge in [-0.25, -0.2) is 0 Å². The summed E-state index contributed by atoms with van der Waals surface area (Å²) >= 11 is 0. The summed E-state index contributed by atoms with van der Waals surface area (Å²) in [6, 6.07) is 7.64. The number of carbonyl (C=O) groups excluding carboxylic acids is 1. The Kier molecular flexibility index (Phi) is 4.38. The minimum absolute atomic E-state index is 0.0406. The Morgan fingerprint density at radius 2 is 2.00 bits per heavy atom. The highest BCUT2D eigenvalue weighted by Gasteiger charge is 2.35. The second kappa shape index (κ2) is 6.22. The van der Waals surface area contributed by atoms with Crippen LogP contribution in [0.4, 0.5) is 5.69 Å². The molecule has 0 unspecified atom stereocenters. The zero-order valence-electron chi connectivity index (χ0n) is 11.4. The van der Waals surface area contributed by atoms with Gasteiger partial charge in [0.05, 0.1) is 11.0 Å². The summed E-state index contributed by atoms with van der Waals surface area (Å²) in [5, 5.41) is 22.4. The third-order valence-electron chi connectivity index (χ3n) is 3.47. The summed E-state index contributed by atoms with van der Waals surface area (Å²) < 4.78 is 5.26. The van der Waals surface area contributed by atoms with Crippen LogP contribution in [0.1, 0.15) is 25.7 Å². The SMILES string of the molecule is N#CC1(NC(=O)COc2ccc([N+](=O)[O-])cc2)CCCC1. The van der Waals surface area contributed by atoms with E-state index in [1.807, 2.05) is 0 Å². The fourth-order valence-corrected chi connectivity index (χ4v) is 2.36. The maximum atomic E-state index is 11.8. The van der Waals surface area contributed by atoms with Crippen LogP contribution in [0.5, 0.6) is 5.75 Å². The third kappa shape index (κ3) is 3.69. The van der Waals surface area contributed by atoms with Gasteiger partial charge in [-0.05, 0) is 37.8 Å². The van der Waals surface area contributed by atoms with Crippen LogP contribution in [0.3, 0.4) is 0 Å². The Hall–Kier alpha value is -2.62. The van der Waals surface area contributed by atoms with E-state index in [0.717, 1.165) is 12.8 Å². The first-order chi connectivity index (χ1) is 10.0. The van der Waals surface area contributed by atoms with Crippen molar-refractivity contribution in [3.05, 3.63) is 34.4 Å². The largest absolute Gasteiger partial charge is 0.484 e. The number of nitriles is 1. The van der Waals surface area contributed by atoms with Gasteiger partial charge >= 0.3 is 0 Å². The Balaban J connectivity index is 1.86. The molecule has 21 heavy (non-hydrogen) atoms. The predicted molar refractivity (Wildman–Crippen MR) is 73.5 cm³/mol. The Labute approximate surface area is 121 Å². The molecule has 0 heterocycles. The first-order valence-electron chi connectivity index (χ1n) is 6.64. The van der Waals surface area contributed by atoms with E-state index >= 15 is 0 Å². The van der Waals surface area contributed by atoms with Gasteiger partial charge in [0.15, 0.2) is 6.61 Å². The van der Waals surface area contributed by atoms with E-state index in [4.69, 9.17) is 10.00 Å². The number of benzene rings is 1. The van der Waals surface area contributed by atoms with E-state index in [-0.39, 0.29) is 18.2 Å². The monoisotopic (exact) mass is 289 g/mol. The van der Waals surface area contributed by atoms with Crippen molar-refractivity contribution in [3.8, 4) is 11.8 Å². The molecule has 1 aliphatic rings. The Morgan fingerprint density at radius 3 is 2.52 bits per heavy atom. The van der Waals surface area contributed by atoms with Gasteiger partial charge in [-0.2, -0.15) is 5.26 Å². The third-order valence-corrected chi connectivity index (χ3v) is 3.47. The van der Waals surface area contributed by atoms with Gasteiger partial charge in [-0.1, -0.05) is 0 Å². The van der Waals surface area contributed by atoms with E-state index in [9.17, 15) is 14.9 Å². The lowest BCUT2D eigenvalue weighted by atomic mass is 10.00. The lowest BCUT2D eigenvalue weighted by molar-refractivity contribution is -0.384. The number of rotatable bonds is 5. The first-order valence-corrected chi connectivity index (χ1v) is 6.64. The van der Waals surface area contributed by atoms with Crippen molar-refractivity contribution in [1.82, 2.24) is 5.32 Å². The summed E-state index contributed by atoms with van der Waals surface area (Å²) in [6.45, 7) is -0.221. The first kappa shape index (κ1) is 14.8. The molecule has 0 aromatic heterocycles. The maximum absolute atomic E-state index is 11.8. The Morgan fingerprint density at radius 1 is 1.38 bits per heavy atom. The van der Waals surface area contributed by atoms with Crippen LogP contribution in [0, 0.1) is 21.4 Å². The summed E-state index contributed by atoms with van der Waals surface area (Å²) in [7, 11) is 0. The molecule has 0 radical (unpaired) electrons. The number of nitrogens with zero attached hydrogens (tertiary/aromatic N) is 2. The summed E-state index contributed by atoms with van der Waals surface area (Å²) in [4.78, 5) is 21.8. The number of ether oxygens (including phenoxy) is 1. The van der Waals surface area contributed by atoms with E-state index in [1.165, 1.54) is 24.3 Å². The molecule has 7 nitrogen and oxygen atoms in total. The molecular formula is C14H15N3O4. The number of nitro groups is 1. The molecule has 1 saturated carbocycles. The van der Waals surface area contributed by atoms with Crippen molar-refractivity contribution in [2.45, 2.75) is 31.2 Å². The highest BCUT2D eigenvalue weighted by atomic mass is 16.6. The molecule has 0 spiro atoms. The van der Waals surface area contributed by atoms with Crippen molar-refractivity contribution >= 4 is 11.6 Å². The van der Waals surface area contributed by atoms with Crippen LogP contribution >= 0.6 is 0 Å². The van der Waals surface area contributed by atoms with Crippen LogP contribution in [-0.2, 0) is 4.79 Å². The number of hydrogen-bond acceptors (Lipinski definition) is 5. The smallest absolute Gasteiger partial charge is 0.269 e. The van der Waals surface area contributed by atoms with Crippen LogP contribution < -0.4 is 10.1 Å². The summed E-state index contributed by atoms with van der Waals surface area (Å²) in [5.74, 6) is 0.00461. The van der Waals surface area contributed by atoms with Crippen molar-refractivity contribution < 1.29 is 14.5 Å². The van der Waals surface area contributed by atoms with E-state index in [1.54, 1.807) is 0 Å². The minimum atomic E-state index is -0.768. The molecule has 7 heteroatoms. The second-order valence-corrected chi connectivity index (χ2v) is 4.99. The molecule has 0 aliphatic heterocycles. The molecule has 1 aromatic rings. The van der Waals surface area contributed by atoms with Crippen molar-refractivity contribution in [2.75, 3.05) is 6.61 Å². The maximum Gasteiger partial charge on any atom is 0.269 e. The molecule has 1 amide bonds. The zero-order valence-corrected chi connectivity index (χ0v) is 11.4. The normalized spacial score (nSPS) is 16.0. The molecule has 110 valence electrons. The predicted octanol–water partition coefficient (Wildman–Crippen LogP) is 1.93. The molecular weight excluding hydrogens is 274 g/mol. The van der Waals surface area contributed by atoms with Gasteiger partial charge in [0.25, 0.3) is 11.6 Å². The van der Waals surface area contributed by atoms with Crippen molar-refractivity contribution in [2.24, 2.45) is 0 Å². The number of non-ortho nitro benzene ring substituents is 1. The standard InChI is InChI=1S/C14H15N3O4/c15-10-14(7-1-2-8-14)16-13(18)9-21-12-5-3-11(4-6-12)17(19)20/h3-6H,1-2,7-9H2,(H,16,18). The van der Waals surface area contributed by atoms with Crippen LogP contribution in [0.2, 0.25) is 0 Å². The highest BCUT2D eigenvalue weighted by molar-refractivity contribution is 5.79. The van der Waals surface area contributed by atoms with Gasteiger partial charge in [0.2, 0.25) is 0 Å². The highest BCUT2D eigenvalue weighted by Crippen LogP contribution is 2.28. The van der Waals surface area contributed by atoms with Crippen LogP contribution in [0.15, 0.2) is 24.3 Å². The molecule has 2 rings (SSSR count). The lowest BCUT2D eigenvalue weighted by Crippen LogP contribution is -2.47. The van der Waals surface area contributed by atoms with Gasteiger partial charge in [0, 0.05) is 12.1 Å². The average molecular weight is 289 g/mol. The lowest BCUT2D eigenvalue weighted by Gasteiger charge is -2.21. The summed E-state index contributed by atoms with van der Waals surface area (Å²) in [6.07, 6.45) is 3.17. The van der Waals surface area contributed by atoms with Gasteiger partial charge in [-0.15, -0.1) is 0 Å². The van der Waals surface area contributed by atoms with Gasteiger partial charge in [0.1, 0.15) is 11.3 Å². The summed E-state index contributed by atoms with van der Waals surface area (Å²) in [5.41, 5.74) is -0.809. The van der Waals surface area contributed by atoms with Crippen molar-refractivity contribution in [3.63, 3.8) is 0 Å². The second-order valence-electron chi connectivity index (χ2n) is 4.99. The quantitative estimate of drug-likeness (QED) is 0.658. The number of hydrogen-bond donors (Lipinski definition) is 1. The number of carbonyl (C=O) groups is 1. The van der Waals surface area contributed by atoms with E-state index in [2.05, 4.69) is 11.4 Å². The average Bonchev–Trinajstić information content (AvgIpc) is 2.94. The minimum Gasteiger partial charge on any atom is -0.484 e.